The molecule has 1 aromatic rings. The highest BCUT2D eigenvalue weighted by atomic mass is 19.4. The number of piperidine rings is 1. The van der Waals surface area contributed by atoms with E-state index >= 15 is 0 Å². The van der Waals surface area contributed by atoms with Gasteiger partial charge in [-0.3, -0.25) is 14.9 Å². The molecule has 0 unspecified atom stereocenters. The first kappa shape index (κ1) is 13.3. The van der Waals surface area contributed by atoms with Crippen molar-refractivity contribution in [1.29, 1.82) is 0 Å². The van der Waals surface area contributed by atoms with Crippen LogP contribution in [0.15, 0.2) is 12.4 Å². The van der Waals surface area contributed by atoms with Crippen LogP contribution in [0.5, 0.6) is 0 Å². The highest BCUT2D eigenvalue weighted by molar-refractivity contribution is 5.00. The Morgan fingerprint density at radius 2 is 1.89 bits per heavy atom. The van der Waals surface area contributed by atoms with Gasteiger partial charge in [0.15, 0.2) is 0 Å². The van der Waals surface area contributed by atoms with Gasteiger partial charge in [-0.15, -0.1) is 0 Å². The zero-order valence-electron chi connectivity index (χ0n) is 10.2. The van der Waals surface area contributed by atoms with Crippen molar-refractivity contribution in [2.24, 2.45) is 5.92 Å². The molecule has 3 nitrogen and oxygen atoms in total. The second-order valence-electron chi connectivity index (χ2n) is 4.74. The van der Waals surface area contributed by atoms with E-state index in [1.54, 1.807) is 12.4 Å². The standard InChI is InChI=1S/C12H16F3N3/c1-9-6-17-11(7-16-9)8-18-4-2-10(3-5-18)12(13,14)15/h6-7,10H,2-5,8H2,1H3. The van der Waals surface area contributed by atoms with Crippen LogP contribution in [0.3, 0.4) is 0 Å². The van der Waals surface area contributed by atoms with Crippen molar-refractivity contribution >= 4 is 0 Å². The Morgan fingerprint density at radius 1 is 1.22 bits per heavy atom. The molecule has 0 radical (unpaired) electrons. The summed E-state index contributed by atoms with van der Waals surface area (Å²) in [5.41, 5.74) is 1.65. The van der Waals surface area contributed by atoms with Gasteiger partial charge in [0.25, 0.3) is 0 Å². The zero-order chi connectivity index (χ0) is 13.2. The molecular weight excluding hydrogens is 243 g/mol. The summed E-state index contributed by atoms with van der Waals surface area (Å²) in [5.74, 6) is -1.14. The van der Waals surface area contributed by atoms with Crippen LogP contribution in [-0.2, 0) is 6.54 Å². The van der Waals surface area contributed by atoms with Gasteiger partial charge < -0.3 is 0 Å². The lowest BCUT2D eigenvalue weighted by atomic mass is 9.96. The Labute approximate surface area is 104 Å². The number of aryl methyl sites for hydroxylation is 1. The third kappa shape index (κ3) is 3.41. The van der Waals surface area contributed by atoms with Gasteiger partial charge in [-0.2, -0.15) is 13.2 Å². The number of alkyl halides is 3. The molecule has 0 spiro atoms. The van der Waals surface area contributed by atoms with E-state index in [1.807, 2.05) is 11.8 Å². The molecule has 6 heteroatoms. The first-order valence-electron chi connectivity index (χ1n) is 6.02. The normalized spacial score (nSPS) is 19.1. The third-order valence-corrected chi connectivity index (χ3v) is 3.27. The molecule has 1 aliphatic rings. The summed E-state index contributed by atoms with van der Waals surface area (Å²) in [7, 11) is 0. The maximum Gasteiger partial charge on any atom is 0.391 e. The fraction of sp³-hybridized carbons (Fsp3) is 0.667. The van der Waals surface area contributed by atoms with Crippen molar-refractivity contribution in [3.63, 3.8) is 0 Å². The molecule has 1 fully saturated rings. The van der Waals surface area contributed by atoms with Gasteiger partial charge in [-0.25, -0.2) is 0 Å². The van der Waals surface area contributed by atoms with E-state index in [2.05, 4.69) is 9.97 Å². The largest absolute Gasteiger partial charge is 0.391 e. The Bertz CT molecular complexity index is 381. The fourth-order valence-corrected chi connectivity index (χ4v) is 2.15. The summed E-state index contributed by atoms with van der Waals surface area (Å²) in [4.78, 5) is 10.3. The summed E-state index contributed by atoms with van der Waals surface area (Å²) in [6.45, 7) is 3.38. The molecule has 0 aromatic carbocycles. The average molecular weight is 259 g/mol. The minimum absolute atomic E-state index is 0.183. The molecule has 1 aromatic heterocycles. The van der Waals surface area contributed by atoms with Crippen LogP contribution in [-0.4, -0.2) is 34.1 Å². The third-order valence-electron chi connectivity index (χ3n) is 3.27. The molecule has 0 bridgehead atoms. The van der Waals surface area contributed by atoms with Gasteiger partial charge in [0.1, 0.15) is 0 Å². The second kappa shape index (κ2) is 5.22. The molecule has 0 amide bonds. The van der Waals surface area contributed by atoms with E-state index in [0.29, 0.717) is 19.6 Å². The molecule has 0 N–H and O–H groups in total. The summed E-state index contributed by atoms with van der Waals surface area (Å²) < 4.78 is 37.5. The smallest absolute Gasteiger partial charge is 0.297 e. The molecule has 1 aliphatic heterocycles. The molecule has 0 saturated carbocycles. The van der Waals surface area contributed by atoms with Gasteiger partial charge >= 0.3 is 6.18 Å². The number of hydrogen-bond acceptors (Lipinski definition) is 3. The average Bonchev–Trinajstić information content (AvgIpc) is 2.32. The molecule has 1 saturated heterocycles. The topological polar surface area (TPSA) is 29.0 Å². The van der Waals surface area contributed by atoms with Gasteiger partial charge in [0.05, 0.1) is 17.3 Å². The van der Waals surface area contributed by atoms with Crippen LogP contribution in [0.4, 0.5) is 13.2 Å². The maximum atomic E-state index is 12.5. The maximum absolute atomic E-state index is 12.5. The summed E-state index contributed by atoms with van der Waals surface area (Å²) in [5, 5.41) is 0. The van der Waals surface area contributed by atoms with Gasteiger partial charge in [0, 0.05) is 18.9 Å². The molecule has 0 atom stereocenters. The Kier molecular flexibility index (Phi) is 3.85. The van der Waals surface area contributed by atoms with Gasteiger partial charge in [0.2, 0.25) is 0 Å². The van der Waals surface area contributed by atoms with E-state index in [-0.39, 0.29) is 12.8 Å². The minimum Gasteiger partial charge on any atom is -0.297 e. The second-order valence-corrected chi connectivity index (χ2v) is 4.74. The number of nitrogens with zero attached hydrogens (tertiary/aromatic N) is 3. The lowest BCUT2D eigenvalue weighted by Gasteiger charge is -2.32. The van der Waals surface area contributed by atoms with Crippen LogP contribution < -0.4 is 0 Å². The highest BCUT2D eigenvalue weighted by Gasteiger charge is 2.40. The monoisotopic (exact) mass is 259 g/mol. The van der Waals surface area contributed by atoms with Crippen LogP contribution >= 0.6 is 0 Å². The van der Waals surface area contributed by atoms with E-state index in [1.165, 1.54) is 0 Å². The summed E-state index contributed by atoms with van der Waals surface area (Å²) in [6.07, 6.45) is -0.315. The van der Waals surface area contributed by atoms with Crippen molar-refractivity contribution in [2.75, 3.05) is 13.1 Å². The lowest BCUT2D eigenvalue weighted by Crippen LogP contribution is -2.38. The number of aromatic nitrogens is 2. The fourth-order valence-electron chi connectivity index (χ4n) is 2.15. The molecular formula is C12H16F3N3. The number of rotatable bonds is 2. The minimum atomic E-state index is -4.05. The van der Waals surface area contributed by atoms with Crippen LogP contribution in [0.25, 0.3) is 0 Å². The quantitative estimate of drug-likeness (QED) is 0.817. The van der Waals surface area contributed by atoms with Crippen LogP contribution in [0, 0.1) is 12.8 Å². The van der Waals surface area contributed by atoms with E-state index in [0.717, 1.165) is 11.4 Å². The van der Waals surface area contributed by atoms with Gasteiger partial charge in [-0.05, 0) is 32.9 Å². The Balaban J connectivity index is 1.85. The highest BCUT2D eigenvalue weighted by Crippen LogP contribution is 2.34. The van der Waals surface area contributed by atoms with E-state index < -0.39 is 12.1 Å². The van der Waals surface area contributed by atoms with Crippen molar-refractivity contribution in [3.8, 4) is 0 Å². The predicted molar refractivity (Wildman–Crippen MR) is 60.8 cm³/mol. The van der Waals surface area contributed by atoms with Crippen molar-refractivity contribution in [1.82, 2.24) is 14.9 Å². The molecule has 0 aliphatic carbocycles. The van der Waals surface area contributed by atoms with Crippen LogP contribution in [0.2, 0.25) is 0 Å². The van der Waals surface area contributed by atoms with Crippen molar-refractivity contribution in [2.45, 2.75) is 32.5 Å². The molecule has 2 rings (SSSR count). The zero-order valence-corrected chi connectivity index (χ0v) is 10.2. The SMILES string of the molecule is Cc1cnc(CN2CCC(C(F)(F)F)CC2)cn1. The number of likely N-dealkylation sites (tertiary alicyclic amines) is 1. The first-order chi connectivity index (χ1) is 8.45. The van der Waals surface area contributed by atoms with Crippen LogP contribution in [0.1, 0.15) is 24.2 Å². The number of halogens is 3. The molecule has 18 heavy (non-hydrogen) atoms. The first-order valence-corrected chi connectivity index (χ1v) is 6.02. The van der Waals surface area contributed by atoms with E-state index in [4.69, 9.17) is 0 Å². The predicted octanol–water partition coefficient (Wildman–Crippen LogP) is 2.56. The Morgan fingerprint density at radius 3 is 2.39 bits per heavy atom. The van der Waals surface area contributed by atoms with Crippen molar-refractivity contribution in [3.05, 3.63) is 23.8 Å². The van der Waals surface area contributed by atoms with Crippen molar-refractivity contribution < 1.29 is 13.2 Å². The summed E-state index contributed by atoms with van der Waals surface area (Å²) in [6, 6.07) is 0. The molecule has 2 heterocycles. The lowest BCUT2D eigenvalue weighted by molar-refractivity contribution is -0.185. The van der Waals surface area contributed by atoms with E-state index in [9.17, 15) is 13.2 Å². The summed E-state index contributed by atoms with van der Waals surface area (Å²) >= 11 is 0. The number of hydrogen-bond donors (Lipinski definition) is 0. The van der Waals surface area contributed by atoms with Gasteiger partial charge in [-0.1, -0.05) is 0 Å². The Hall–Kier alpha value is -1.17. The molecule has 100 valence electrons.